The Morgan fingerprint density at radius 3 is 2.57 bits per heavy atom. The molecule has 0 spiro atoms. The van der Waals surface area contributed by atoms with E-state index in [0.29, 0.717) is 18.5 Å². The molecule has 0 saturated heterocycles. The van der Waals surface area contributed by atoms with E-state index in [1.54, 1.807) is 42.5 Å². The van der Waals surface area contributed by atoms with E-state index < -0.39 is 40.2 Å². The molecule has 0 radical (unpaired) electrons. The quantitative estimate of drug-likeness (QED) is 0.329. The molecular formula is C23H23F3N4O4S. The average Bonchev–Trinajstić information content (AvgIpc) is 2.81. The van der Waals surface area contributed by atoms with Crippen LogP contribution in [0.15, 0.2) is 62.6 Å². The lowest BCUT2D eigenvalue weighted by molar-refractivity contribution is -0.182. The number of anilines is 1. The Hall–Kier alpha value is -3.22. The summed E-state index contributed by atoms with van der Waals surface area (Å²) in [7, 11) is -3.67. The van der Waals surface area contributed by atoms with Gasteiger partial charge in [0.1, 0.15) is 16.2 Å². The van der Waals surface area contributed by atoms with Gasteiger partial charge in [0.25, 0.3) is 5.56 Å². The van der Waals surface area contributed by atoms with E-state index in [9.17, 15) is 32.2 Å². The van der Waals surface area contributed by atoms with Crippen molar-refractivity contribution in [2.24, 2.45) is 10.3 Å². The van der Waals surface area contributed by atoms with Crippen LogP contribution in [-0.4, -0.2) is 36.9 Å². The van der Waals surface area contributed by atoms with Crippen molar-refractivity contribution in [1.82, 2.24) is 4.68 Å². The average molecular weight is 509 g/mol. The fourth-order valence-electron chi connectivity index (χ4n) is 4.70. The lowest BCUT2D eigenvalue weighted by Gasteiger charge is -2.34. The Bertz CT molecular complexity index is 1390. The molecule has 2 unspecified atom stereocenters. The summed E-state index contributed by atoms with van der Waals surface area (Å²) in [5, 5.41) is 14.1. The number of halogens is 3. The molecule has 2 aliphatic rings. The van der Waals surface area contributed by atoms with Gasteiger partial charge in [-0.2, -0.15) is 13.2 Å². The number of fused-ring (bicyclic) bond motifs is 2. The van der Waals surface area contributed by atoms with Crippen molar-refractivity contribution >= 4 is 33.2 Å². The first-order valence-corrected chi connectivity index (χ1v) is 12.5. The maximum atomic E-state index is 13.6. The zero-order valence-electron chi connectivity index (χ0n) is 18.3. The molecule has 1 aromatic heterocycles. The van der Waals surface area contributed by atoms with Crippen LogP contribution in [0.5, 0.6) is 5.75 Å². The number of para-hydroxylation sites is 2. The molecule has 12 heteroatoms. The van der Waals surface area contributed by atoms with Crippen molar-refractivity contribution in [3.63, 3.8) is 0 Å². The number of rotatable bonds is 3. The molecule has 1 aliphatic heterocycles. The number of nitrogens with one attached hydrogen (secondary N) is 2. The third kappa shape index (κ3) is 4.21. The number of amidine groups is 1. The van der Waals surface area contributed by atoms with Crippen LogP contribution in [0.2, 0.25) is 0 Å². The zero-order chi connectivity index (χ0) is 25.0. The van der Waals surface area contributed by atoms with Crippen LogP contribution in [0.3, 0.4) is 0 Å². The molecule has 186 valence electrons. The van der Waals surface area contributed by atoms with Crippen molar-refractivity contribution in [3.8, 4) is 5.75 Å². The molecule has 2 atom stereocenters. The summed E-state index contributed by atoms with van der Waals surface area (Å²) in [5.74, 6) is -2.15. The zero-order valence-corrected chi connectivity index (χ0v) is 19.1. The van der Waals surface area contributed by atoms with Crippen LogP contribution in [0.1, 0.15) is 31.2 Å². The minimum absolute atomic E-state index is 0.0378. The third-order valence-electron chi connectivity index (χ3n) is 6.39. The Labute approximate surface area is 199 Å². The lowest BCUT2D eigenvalue weighted by atomic mass is 9.85. The third-order valence-corrected chi connectivity index (χ3v) is 7.78. The van der Waals surface area contributed by atoms with E-state index >= 15 is 0 Å². The normalized spacial score (nSPS) is 22.6. The molecule has 1 fully saturated rings. The summed E-state index contributed by atoms with van der Waals surface area (Å²) in [5.41, 5.74) is 2.41. The summed E-state index contributed by atoms with van der Waals surface area (Å²) >= 11 is 0. The summed E-state index contributed by atoms with van der Waals surface area (Å²) in [4.78, 5) is 13.8. The SMILES string of the molecule is O=c1c(C2=NS(O)(O)c3ccccc3N2)c(O)c2ccccc2n1NC1CCCC(C(F)(F)F)C1. The molecule has 5 rings (SSSR count). The highest BCUT2D eigenvalue weighted by atomic mass is 32.3. The molecule has 1 aliphatic carbocycles. The number of hydrogen-bond acceptors (Lipinski definition) is 7. The van der Waals surface area contributed by atoms with Gasteiger partial charge in [0.2, 0.25) is 0 Å². The Morgan fingerprint density at radius 2 is 1.80 bits per heavy atom. The van der Waals surface area contributed by atoms with E-state index in [-0.39, 0.29) is 40.0 Å². The molecule has 2 aromatic carbocycles. The first-order chi connectivity index (χ1) is 16.6. The molecule has 1 saturated carbocycles. The summed E-state index contributed by atoms with van der Waals surface area (Å²) in [6.45, 7) is 0. The molecule has 5 N–H and O–H groups in total. The number of nitrogens with zero attached hydrogens (tertiary/aromatic N) is 2. The molecule has 2 heterocycles. The second kappa shape index (κ2) is 8.47. The highest BCUT2D eigenvalue weighted by Gasteiger charge is 2.42. The lowest BCUT2D eigenvalue weighted by Crippen LogP contribution is -2.43. The predicted octanol–water partition coefficient (Wildman–Crippen LogP) is 5.27. The van der Waals surface area contributed by atoms with Crippen molar-refractivity contribution in [2.75, 3.05) is 10.7 Å². The number of aromatic hydroxyl groups is 1. The van der Waals surface area contributed by atoms with Crippen LogP contribution in [0.25, 0.3) is 10.9 Å². The highest BCUT2D eigenvalue weighted by molar-refractivity contribution is 8.23. The van der Waals surface area contributed by atoms with Crippen LogP contribution in [0.4, 0.5) is 18.9 Å². The monoisotopic (exact) mass is 508 g/mol. The molecule has 8 nitrogen and oxygen atoms in total. The largest absolute Gasteiger partial charge is 0.506 e. The van der Waals surface area contributed by atoms with Crippen LogP contribution in [-0.2, 0) is 0 Å². The Balaban J connectivity index is 1.62. The van der Waals surface area contributed by atoms with Crippen molar-refractivity contribution in [3.05, 3.63) is 64.4 Å². The number of aromatic nitrogens is 1. The van der Waals surface area contributed by atoms with E-state index in [0.717, 1.165) is 4.68 Å². The summed E-state index contributed by atoms with van der Waals surface area (Å²) < 4.78 is 66.3. The fraction of sp³-hybridized carbons (Fsp3) is 0.304. The molecule has 3 aromatic rings. The maximum absolute atomic E-state index is 13.6. The molecule has 0 bridgehead atoms. The van der Waals surface area contributed by atoms with Gasteiger partial charge in [-0.05, 0) is 43.5 Å². The smallest absolute Gasteiger partial charge is 0.391 e. The molecular weight excluding hydrogens is 485 g/mol. The minimum Gasteiger partial charge on any atom is -0.506 e. The van der Waals surface area contributed by atoms with E-state index in [1.165, 1.54) is 6.07 Å². The van der Waals surface area contributed by atoms with Crippen molar-refractivity contribution in [2.45, 2.75) is 42.8 Å². The first kappa shape index (κ1) is 23.5. The molecule has 35 heavy (non-hydrogen) atoms. The van der Waals surface area contributed by atoms with E-state index in [1.807, 2.05) is 0 Å². The van der Waals surface area contributed by atoms with Gasteiger partial charge < -0.3 is 15.8 Å². The Morgan fingerprint density at radius 1 is 1.09 bits per heavy atom. The standard InChI is InChI=1S/C23H23F3N4O4S/c24-23(25,26)13-6-5-7-14(12-13)28-30-17-10-3-1-8-15(17)20(31)19(22(30)32)21-27-16-9-2-4-11-18(16)35(33,34)29-21/h1-4,8-11,13-14,28,31,33-34H,5-7,12H2,(H,27,29). The Kier molecular flexibility index (Phi) is 5.69. The minimum atomic E-state index is -4.32. The van der Waals surface area contributed by atoms with Gasteiger partial charge in [0, 0.05) is 11.4 Å². The van der Waals surface area contributed by atoms with Crippen molar-refractivity contribution < 1.29 is 27.4 Å². The van der Waals surface area contributed by atoms with Crippen LogP contribution in [0, 0.1) is 5.92 Å². The second-order valence-electron chi connectivity index (χ2n) is 8.69. The fourth-order valence-corrected chi connectivity index (χ4v) is 5.86. The number of pyridine rings is 1. The van der Waals surface area contributed by atoms with E-state index in [2.05, 4.69) is 15.1 Å². The van der Waals surface area contributed by atoms with Crippen LogP contribution < -0.4 is 16.3 Å². The van der Waals surface area contributed by atoms with Gasteiger partial charge in [0.05, 0.1) is 17.1 Å². The van der Waals surface area contributed by atoms with E-state index in [4.69, 9.17) is 0 Å². The topological polar surface area (TPSA) is 119 Å². The number of hydrogen-bond donors (Lipinski definition) is 5. The second-order valence-corrected chi connectivity index (χ2v) is 10.4. The van der Waals surface area contributed by atoms with Gasteiger partial charge in [-0.3, -0.25) is 13.9 Å². The van der Waals surface area contributed by atoms with Crippen LogP contribution >= 0.6 is 10.8 Å². The number of alkyl halides is 3. The predicted molar refractivity (Wildman–Crippen MR) is 129 cm³/mol. The molecule has 0 amide bonds. The van der Waals surface area contributed by atoms with Gasteiger partial charge in [-0.1, -0.05) is 41.5 Å². The van der Waals surface area contributed by atoms with Gasteiger partial charge in [0.15, 0.2) is 5.84 Å². The van der Waals surface area contributed by atoms with Crippen molar-refractivity contribution in [1.29, 1.82) is 0 Å². The number of benzene rings is 2. The van der Waals surface area contributed by atoms with Gasteiger partial charge >= 0.3 is 6.18 Å². The van der Waals surface area contributed by atoms with Gasteiger partial charge in [-0.25, -0.2) is 4.68 Å². The van der Waals surface area contributed by atoms with Gasteiger partial charge in [-0.15, -0.1) is 4.40 Å². The highest BCUT2D eigenvalue weighted by Crippen LogP contribution is 2.55. The first-order valence-electron chi connectivity index (χ1n) is 11.0. The maximum Gasteiger partial charge on any atom is 0.391 e. The summed E-state index contributed by atoms with van der Waals surface area (Å²) in [6, 6.07) is 12.1. The summed E-state index contributed by atoms with van der Waals surface area (Å²) in [6.07, 6.45) is -3.68.